The Labute approximate surface area is 382 Å². The lowest BCUT2D eigenvalue weighted by Gasteiger charge is -2.19. The highest BCUT2D eigenvalue weighted by atomic mass is 35.5. The van der Waals surface area contributed by atoms with Gasteiger partial charge in [0.15, 0.2) is 28.4 Å². The second kappa shape index (κ2) is 28.1. The maximum atomic E-state index is 12.9. The normalized spacial score (nSPS) is 12.0. The van der Waals surface area contributed by atoms with Crippen LogP contribution >= 0.6 is 11.6 Å². The van der Waals surface area contributed by atoms with Gasteiger partial charge in [0, 0.05) is 38.8 Å². The zero-order valence-electron chi connectivity index (χ0n) is 36.9. The summed E-state index contributed by atoms with van der Waals surface area (Å²) in [6.07, 6.45) is 4.37. The van der Waals surface area contributed by atoms with Crippen molar-refractivity contribution in [2.75, 3.05) is 45.9 Å². The molecule has 3 rings (SSSR count). The van der Waals surface area contributed by atoms with Gasteiger partial charge in [-0.1, -0.05) is 60.1 Å². The highest BCUT2D eigenvalue weighted by molar-refractivity contribution is 6.31. The van der Waals surface area contributed by atoms with Gasteiger partial charge in [0.1, 0.15) is 12.1 Å². The molecule has 0 fully saturated rings. The van der Waals surface area contributed by atoms with Crippen molar-refractivity contribution in [2.24, 2.45) is 10.7 Å². The number of carbonyl (C=O) groups excluding carboxylic acids is 7. The molecule has 0 bridgehead atoms. The van der Waals surface area contributed by atoms with Crippen LogP contribution in [-0.2, 0) is 55.8 Å². The van der Waals surface area contributed by atoms with E-state index in [1.807, 2.05) is 36.4 Å². The van der Waals surface area contributed by atoms with Gasteiger partial charge in [0.25, 0.3) is 5.91 Å². The number of aryl methyl sites for hydroxylation is 2. The van der Waals surface area contributed by atoms with E-state index in [0.29, 0.717) is 25.8 Å². The lowest BCUT2D eigenvalue weighted by Crippen LogP contribution is -2.47. The smallest absolute Gasteiger partial charge is 0.328 e. The average Bonchev–Trinajstić information content (AvgIpc) is 3.29. The molecule has 0 aliphatic carbocycles. The van der Waals surface area contributed by atoms with E-state index in [9.17, 15) is 33.6 Å². The van der Waals surface area contributed by atoms with E-state index >= 15 is 0 Å². The summed E-state index contributed by atoms with van der Waals surface area (Å²) in [5.41, 5.74) is 21.0. The molecule has 0 unspecified atom stereocenters. The van der Waals surface area contributed by atoms with Crippen LogP contribution in [-0.4, -0.2) is 104 Å². The number of amides is 4. The summed E-state index contributed by atoms with van der Waals surface area (Å²) < 4.78 is 14.1. The molecule has 0 saturated carbocycles. The molecule has 3 aromatic rings. The molecule has 1 aromatic heterocycles. The minimum Gasteiger partial charge on any atom is -0.469 e. The molecule has 0 spiro atoms. The van der Waals surface area contributed by atoms with Crippen LogP contribution in [0.1, 0.15) is 92.2 Å². The molecule has 10 N–H and O–H groups in total. The standard InChI is InChI=1S/C44H59ClN10O10/c1-63-35(58)12-8-11-33(56)51-31(22-24-36(59)64-2)41(60)49-25-7-5-10-32(43(62)65-3)52-34(57)23-17-28-15-20-30(21-16-28)29-18-13-27(14-19-29)9-4-6-26-50-44(48)55-42(61)37-39(46)54-40(47)38(45)53-37/h13-16,18-21,31-32H,4-12,17,22-26H2,1-3H3,(H,49,60)(H,51,56)(H,52,57)(H4,46,47,54)(H3,48,50,55,61)/t31-,32-/m0/s1. The maximum Gasteiger partial charge on any atom is 0.328 e. The van der Waals surface area contributed by atoms with Crippen LogP contribution in [0.5, 0.6) is 0 Å². The van der Waals surface area contributed by atoms with Crippen molar-refractivity contribution in [3.05, 3.63) is 70.5 Å². The number of benzene rings is 2. The summed E-state index contributed by atoms with van der Waals surface area (Å²) in [6.45, 7) is 0.610. The van der Waals surface area contributed by atoms with Crippen molar-refractivity contribution in [1.29, 1.82) is 0 Å². The van der Waals surface area contributed by atoms with E-state index in [0.717, 1.165) is 41.5 Å². The van der Waals surface area contributed by atoms with Gasteiger partial charge < -0.3 is 47.4 Å². The number of hydrogen-bond acceptors (Lipinski definition) is 15. The van der Waals surface area contributed by atoms with Crippen LogP contribution in [0, 0.1) is 0 Å². The molecule has 21 heteroatoms. The van der Waals surface area contributed by atoms with E-state index in [1.54, 1.807) is 0 Å². The molecular formula is C44H59ClN10O10. The summed E-state index contributed by atoms with van der Waals surface area (Å²) in [5.74, 6) is -3.88. The van der Waals surface area contributed by atoms with Crippen LogP contribution in [0.2, 0.25) is 5.15 Å². The Balaban J connectivity index is 1.38. The minimum absolute atomic E-state index is 0.00823. The Morgan fingerprint density at radius 2 is 1.26 bits per heavy atom. The number of nitrogens with two attached hydrogens (primary N) is 3. The van der Waals surface area contributed by atoms with Gasteiger partial charge in [-0.25, -0.2) is 14.8 Å². The Morgan fingerprint density at radius 1 is 0.662 bits per heavy atom. The number of unbranched alkanes of at least 4 members (excludes halogenated alkanes) is 2. The van der Waals surface area contributed by atoms with Gasteiger partial charge in [-0.15, -0.1) is 0 Å². The van der Waals surface area contributed by atoms with Gasteiger partial charge in [-0.2, -0.15) is 0 Å². The van der Waals surface area contributed by atoms with Crippen molar-refractivity contribution < 1.29 is 47.8 Å². The Morgan fingerprint density at radius 3 is 1.89 bits per heavy atom. The number of esters is 3. The first-order valence-electron chi connectivity index (χ1n) is 21.1. The lowest BCUT2D eigenvalue weighted by atomic mass is 9.99. The van der Waals surface area contributed by atoms with E-state index in [2.05, 4.69) is 57.8 Å². The Hall–Kier alpha value is -6.83. The summed E-state index contributed by atoms with van der Waals surface area (Å²) in [7, 11) is 3.72. The van der Waals surface area contributed by atoms with Crippen molar-refractivity contribution in [1.82, 2.24) is 31.2 Å². The monoisotopic (exact) mass is 922 g/mol. The first-order chi connectivity index (χ1) is 31.1. The van der Waals surface area contributed by atoms with Crippen LogP contribution < -0.4 is 38.5 Å². The average molecular weight is 923 g/mol. The fraction of sp³-hybridized carbons (Fsp3) is 0.455. The molecule has 2 atom stereocenters. The van der Waals surface area contributed by atoms with Gasteiger partial charge in [0.05, 0.1) is 21.3 Å². The molecule has 0 aliphatic heterocycles. The largest absolute Gasteiger partial charge is 0.469 e. The Kier molecular flexibility index (Phi) is 22.7. The van der Waals surface area contributed by atoms with Crippen LogP contribution in [0.15, 0.2) is 53.5 Å². The first-order valence-corrected chi connectivity index (χ1v) is 21.5. The molecule has 2 aromatic carbocycles. The highest BCUT2D eigenvalue weighted by Gasteiger charge is 2.24. The third kappa shape index (κ3) is 19.2. The highest BCUT2D eigenvalue weighted by Crippen LogP contribution is 2.22. The van der Waals surface area contributed by atoms with Crippen LogP contribution in [0.3, 0.4) is 0 Å². The van der Waals surface area contributed by atoms with E-state index < -0.39 is 47.7 Å². The Bertz CT molecular complexity index is 2120. The molecule has 20 nitrogen and oxygen atoms in total. The summed E-state index contributed by atoms with van der Waals surface area (Å²) >= 11 is 5.83. The zero-order chi connectivity index (χ0) is 47.7. The number of aromatic nitrogens is 2. The van der Waals surface area contributed by atoms with Crippen molar-refractivity contribution >= 4 is 70.7 Å². The number of carbonyl (C=O) groups is 7. The fourth-order valence-corrected chi connectivity index (χ4v) is 6.44. The number of aliphatic imine (C=N–C) groups is 1. The van der Waals surface area contributed by atoms with Gasteiger partial charge in [-0.3, -0.25) is 39.1 Å². The topological polar surface area (TPSA) is 312 Å². The third-order valence-electron chi connectivity index (χ3n) is 9.97. The quantitative estimate of drug-likeness (QED) is 0.0200. The molecule has 4 amide bonds. The zero-order valence-corrected chi connectivity index (χ0v) is 37.7. The second-order valence-corrected chi connectivity index (χ2v) is 15.2. The van der Waals surface area contributed by atoms with Crippen LogP contribution in [0.4, 0.5) is 11.6 Å². The number of methoxy groups -OCH3 is 3. The summed E-state index contributed by atoms with van der Waals surface area (Å²) in [6, 6.07) is 14.2. The van der Waals surface area contributed by atoms with Crippen molar-refractivity contribution in [3.63, 3.8) is 0 Å². The number of rotatable bonds is 26. The van der Waals surface area contributed by atoms with Gasteiger partial charge in [-0.05, 0) is 80.0 Å². The van der Waals surface area contributed by atoms with Crippen molar-refractivity contribution in [3.8, 4) is 11.1 Å². The molecule has 1 heterocycles. The maximum absolute atomic E-state index is 12.9. The SMILES string of the molecule is COC(=O)CCCC(=O)N[C@@H](CCC(=O)OC)C(=O)NCCCC[C@H](NC(=O)CCc1ccc(-c2ccc(CCCCN=C(N)NC(=O)c3nc(Cl)c(N)nc3N)cc2)cc1)C(=O)OC. The molecule has 0 saturated heterocycles. The minimum atomic E-state index is -1.000. The number of anilines is 2. The number of nitrogen functional groups attached to an aromatic ring is 2. The van der Waals surface area contributed by atoms with E-state index in [-0.39, 0.29) is 85.8 Å². The molecule has 352 valence electrons. The second-order valence-electron chi connectivity index (χ2n) is 14.8. The van der Waals surface area contributed by atoms with E-state index in [1.165, 1.54) is 21.3 Å². The van der Waals surface area contributed by atoms with Crippen LogP contribution in [0.25, 0.3) is 11.1 Å². The summed E-state index contributed by atoms with van der Waals surface area (Å²) in [5, 5.41) is 10.4. The molecule has 0 aliphatic rings. The number of hydrogen-bond donors (Lipinski definition) is 7. The number of halogens is 1. The number of ether oxygens (including phenoxy) is 3. The molecule has 65 heavy (non-hydrogen) atoms. The lowest BCUT2D eigenvalue weighted by molar-refractivity contribution is -0.145. The number of nitrogens with zero attached hydrogens (tertiary/aromatic N) is 3. The number of guanidine groups is 1. The first kappa shape index (κ1) is 52.5. The van der Waals surface area contributed by atoms with Crippen molar-refractivity contribution in [2.45, 2.75) is 95.6 Å². The fourth-order valence-electron chi connectivity index (χ4n) is 6.31. The molecule has 0 radical (unpaired) electrons. The van der Waals surface area contributed by atoms with Gasteiger partial charge >= 0.3 is 17.9 Å². The predicted molar refractivity (Wildman–Crippen MR) is 243 cm³/mol. The predicted octanol–water partition coefficient (Wildman–Crippen LogP) is 2.69. The van der Waals surface area contributed by atoms with Gasteiger partial charge in [0.2, 0.25) is 17.7 Å². The third-order valence-corrected chi connectivity index (χ3v) is 10.2. The number of nitrogens with one attached hydrogen (secondary N) is 4. The molecular weight excluding hydrogens is 864 g/mol. The van der Waals surface area contributed by atoms with E-state index in [4.69, 9.17) is 33.5 Å². The summed E-state index contributed by atoms with van der Waals surface area (Å²) in [4.78, 5) is 98.0.